The Kier molecular flexibility index (Phi) is 5.69. The molecule has 3 nitrogen and oxygen atoms in total. The summed E-state index contributed by atoms with van der Waals surface area (Å²) in [7, 11) is 0. The van der Waals surface area contributed by atoms with Crippen LogP contribution in [0.15, 0.2) is 42.5 Å². The highest BCUT2D eigenvalue weighted by Gasteiger charge is 2.06. The van der Waals surface area contributed by atoms with E-state index >= 15 is 0 Å². The van der Waals surface area contributed by atoms with Gasteiger partial charge in [-0.3, -0.25) is 0 Å². The van der Waals surface area contributed by atoms with Gasteiger partial charge in [0.2, 0.25) is 0 Å². The Morgan fingerprint density at radius 2 is 1.76 bits per heavy atom. The normalized spacial score (nSPS) is 10.2. The lowest BCUT2D eigenvalue weighted by atomic mass is 10.3. The summed E-state index contributed by atoms with van der Waals surface area (Å²) in [6.07, 6.45) is 0. The molecule has 2 aromatic rings. The van der Waals surface area contributed by atoms with Gasteiger partial charge in [0.25, 0.3) is 0 Å². The zero-order valence-electron chi connectivity index (χ0n) is 11.7. The summed E-state index contributed by atoms with van der Waals surface area (Å²) >= 11 is 5.72. The number of benzene rings is 2. The second-order valence-corrected chi connectivity index (χ2v) is 4.66. The van der Waals surface area contributed by atoms with E-state index < -0.39 is 5.82 Å². The van der Waals surface area contributed by atoms with Crippen LogP contribution in [0.1, 0.15) is 6.92 Å². The van der Waals surface area contributed by atoms with E-state index in [2.05, 4.69) is 5.32 Å². The molecule has 0 aliphatic rings. The summed E-state index contributed by atoms with van der Waals surface area (Å²) in [4.78, 5) is 0. The molecule has 0 fully saturated rings. The molecule has 0 heterocycles. The average molecular weight is 310 g/mol. The molecule has 1 N–H and O–H groups in total. The van der Waals surface area contributed by atoms with Gasteiger partial charge < -0.3 is 14.8 Å². The van der Waals surface area contributed by atoms with Crippen LogP contribution in [0.25, 0.3) is 0 Å². The predicted molar refractivity (Wildman–Crippen MR) is 83.0 cm³/mol. The van der Waals surface area contributed by atoms with Crippen molar-refractivity contribution in [2.75, 3.05) is 25.1 Å². The Balaban J connectivity index is 1.86. The zero-order valence-corrected chi connectivity index (χ0v) is 12.5. The molecule has 0 saturated carbocycles. The summed E-state index contributed by atoms with van der Waals surface area (Å²) < 4.78 is 24.8. The molecule has 0 amide bonds. The van der Waals surface area contributed by atoms with E-state index in [1.807, 2.05) is 31.2 Å². The monoisotopic (exact) mass is 309 g/mol. The van der Waals surface area contributed by atoms with Crippen molar-refractivity contribution in [1.82, 2.24) is 0 Å². The van der Waals surface area contributed by atoms with E-state index in [1.54, 1.807) is 12.1 Å². The Morgan fingerprint density at radius 3 is 2.48 bits per heavy atom. The van der Waals surface area contributed by atoms with Crippen molar-refractivity contribution in [3.63, 3.8) is 0 Å². The van der Waals surface area contributed by atoms with Crippen LogP contribution in [-0.2, 0) is 0 Å². The fraction of sp³-hybridized carbons (Fsp3) is 0.250. The third-order valence-corrected chi connectivity index (χ3v) is 3.07. The average Bonchev–Trinajstić information content (AvgIpc) is 2.49. The van der Waals surface area contributed by atoms with Gasteiger partial charge in [-0.05, 0) is 31.2 Å². The highest BCUT2D eigenvalue weighted by Crippen LogP contribution is 2.26. The summed E-state index contributed by atoms with van der Waals surface area (Å²) in [5.74, 6) is 0.926. The fourth-order valence-electron chi connectivity index (χ4n) is 1.83. The van der Waals surface area contributed by atoms with Crippen LogP contribution in [0.2, 0.25) is 5.02 Å². The van der Waals surface area contributed by atoms with E-state index in [9.17, 15) is 4.39 Å². The first-order valence-corrected chi connectivity index (χ1v) is 7.12. The van der Waals surface area contributed by atoms with E-state index in [0.29, 0.717) is 36.9 Å². The summed E-state index contributed by atoms with van der Waals surface area (Å²) in [6.45, 7) is 3.33. The number of halogens is 2. The largest absolute Gasteiger partial charge is 0.490 e. The first-order valence-electron chi connectivity index (χ1n) is 6.75. The maximum absolute atomic E-state index is 13.7. The lowest BCUT2D eigenvalue weighted by Crippen LogP contribution is -2.13. The van der Waals surface area contributed by atoms with Gasteiger partial charge in [0, 0.05) is 6.54 Å². The van der Waals surface area contributed by atoms with Gasteiger partial charge in [-0.1, -0.05) is 29.8 Å². The number of rotatable bonds is 7. The first kappa shape index (κ1) is 15.4. The first-order chi connectivity index (χ1) is 10.2. The van der Waals surface area contributed by atoms with Gasteiger partial charge in [-0.2, -0.15) is 0 Å². The van der Waals surface area contributed by atoms with E-state index in [0.717, 1.165) is 0 Å². The molecular formula is C16H17ClFNO2. The number of anilines is 1. The summed E-state index contributed by atoms with van der Waals surface area (Å²) in [6, 6.07) is 12.3. The van der Waals surface area contributed by atoms with Crippen molar-refractivity contribution in [3.8, 4) is 11.5 Å². The lowest BCUT2D eigenvalue weighted by molar-refractivity contribution is 0.284. The van der Waals surface area contributed by atoms with Crippen molar-refractivity contribution in [2.45, 2.75) is 6.92 Å². The fourth-order valence-corrected chi connectivity index (χ4v) is 2.01. The third-order valence-electron chi connectivity index (χ3n) is 2.78. The standard InChI is InChI=1S/C16H17ClFNO2/c1-2-20-14-8-3-4-9-15(14)21-11-10-19-13-7-5-6-12(17)16(13)18/h3-9,19H,2,10-11H2,1H3. The molecule has 21 heavy (non-hydrogen) atoms. The minimum atomic E-state index is -0.450. The number of ether oxygens (including phenoxy) is 2. The Morgan fingerprint density at radius 1 is 1.05 bits per heavy atom. The molecule has 0 aliphatic carbocycles. The molecule has 2 aromatic carbocycles. The van der Waals surface area contributed by atoms with Gasteiger partial charge >= 0.3 is 0 Å². The maximum Gasteiger partial charge on any atom is 0.164 e. The number of hydrogen-bond donors (Lipinski definition) is 1. The quantitative estimate of drug-likeness (QED) is 0.770. The summed E-state index contributed by atoms with van der Waals surface area (Å²) in [5, 5.41) is 3.05. The van der Waals surface area contributed by atoms with Gasteiger partial charge in [0.1, 0.15) is 6.61 Å². The van der Waals surface area contributed by atoms with Crippen LogP contribution < -0.4 is 14.8 Å². The van der Waals surface area contributed by atoms with Crippen LogP contribution in [0.3, 0.4) is 0 Å². The second kappa shape index (κ2) is 7.74. The molecule has 0 aromatic heterocycles. The Bertz CT molecular complexity index is 592. The smallest absolute Gasteiger partial charge is 0.164 e. The highest BCUT2D eigenvalue weighted by atomic mass is 35.5. The van der Waals surface area contributed by atoms with Crippen LogP contribution in [0.4, 0.5) is 10.1 Å². The van der Waals surface area contributed by atoms with Gasteiger partial charge in [0.15, 0.2) is 17.3 Å². The van der Waals surface area contributed by atoms with Crippen LogP contribution >= 0.6 is 11.6 Å². The van der Waals surface area contributed by atoms with Gasteiger partial charge in [0.05, 0.1) is 17.3 Å². The van der Waals surface area contributed by atoms with Crippen molar-refractivity contribution in [1.29, 1.82) is 0 Å². The Labute approximate surface area is 128 Å². The minimum Gasteiger partial charge on any atom is -0.490 e. The molecule has 0 aliphatic heterocycles. The topological polar surface area (TPSA) is 30.5 Å². The molecule has 5 heteroatoms. The molecule has 112 valence electrons. The van der Waals surface area contributed by atoms with Crippen molar-refractivity contribution in [2.24, 2.45) is 0 Å². The molecule has 0 atom stereocenters. The Hall–Kier alpha value is -1.94. The molecule has 0 unspecified atom stereocenters. The van der Waals surface area contributed by atoms with Crippen molar-refractivity contribution < 1.29 is 13.9 Å². The van der Waals surface area contributed by atoms with Gasteiger partial charge in [-0.15, -0.1) is 0 Å². The van der Waals surface area contributed by atoms with Crippen LogP contribution in [-0.4, -0.2) is 19.8 Å². The zero-order chi connectivity index (χ0) is 15.1. The molecular weight excluding hydrogens is 293 g/mol. The number of para-hydroxylation sites is 2. The van der Waals surface area contributed by atoms with E-state index in [4.69, 9.17) is 21.1 Å². The highest BCUT2D eigenvalue weighted by molar-refractivity contribution is 6.31. The van der Waals surface area contributed by atoms with E-state index in [-0.39, 0.29) is 5.02 Å². The third kappa shape index (κ3) is 4.26. The maximum atomic E-state index is 13.7. The SMILES string of the molecule is CCOc1ccccc1OCCNc1cccc(Cl)c1F. The minimum absolute atomic E-state index is 0.0996. The van der Waals surface area contributed by atoms with Crippen LogP contribution in [0.5, 0.6) is 11.5 Å². The second-order valence-electron chi connectivity index (χ2n) is 4.26. The molecule has 2 rings (SSSR count). The van der Waals surface area contributed by atoms with Crippen molar-refractivity contribution in [3.05, 3.63) is 53.3 Å². The lowest BCUT2D eigenvalue weighted by Gasteiger charge is -2.12. The molecule has 0 spiro atoms. The van der Waals surface area contributed by atoms with Crippen molar-refractivity contribution >= 4 is 17.3 Å². The van der Waals surface area contributed by atoms with Crippen LogP contribution in [0, 0.1) is 5.82 Å². The molecule has 0 radical (unpaired) electrons. The van der Waals surface area contributed by atoms with Gasteiger partial charge in [-0.25, -0.2) is 4.39 Å². The predicted octanol–water partition coefficient (Wildman–Crippen LogP) is 4.37. The molecule has 0 bridgehead atoms. The van der Waals surface area contributed by atoms with E-state index in [1.165, 1.54) is 6.07 Å². The number of hydrogen-bond acceptors (Lipinski definition) is 3. The number of nitrogens with one attached hydrogen (secondary N) is 1. The molecule has 0 saturated heterocycles. The summed E-state index contributed by atoms with van der Waals surface area (Å²) in [5.41, 5.74) is 0.365.